The van der Waals surface area contributed by atoms with Crippen molar-refractivity contribution in [1.82, 2.24) is 4.90 Å². The molecule has 39 heavy (non-hydrogen) atoms. The highest BCUT2D eigenvalue weighted by atomic mass is 16.6. The lowest BCUT2D eigenvalue weighted by atomic mass is 10.0. The first-order valence-corrected chi connectivity index (χ1v) is 13.2. The van der Waals surface area contributed by atoms with E-state index in [0.717, 1.165) is 77.2 Å². The van der Waals surface area contributed by atoms with Gasteiger partial charge in [-0.15, -0.1) is 0 Å². The van der Waals surface area contributed by atoms with Crippen molar-refractivity contribution in [3.63, 3.8) is 0 Å². The first-order valence-electron chi connectivity index (χ1n) is 13.2. The summed E-state index contributed by atoms with van der Waals surface area (Å²) in [6.45, 7) is 4.73. The molecule has 2 aliphatic heterocycles. The van der Waals surface area contributed by atoms with Gasteiger partial charge in [0, 0.05) is 66.9 Å². The third kappa shape index (κ3) is 4.79. The molecule has 1 saturated heterocycles. The molecule has 0 bridgehead atoms. The molecule has 0 aromatic heterocycles. The molecule has 0 spiro atoms. The van der Waals surface area contributed by atoms with Gasteiger partial charge in [-0.1, -0.05) is 36.4 Å². The second-order valence-electron chi connectivity index (χ2n) is 10.1. The number of carbonyl (C=O) groups is 1. The second-order valence-corrected chi connectivity index (χ2v) is 10.1. The van der Waals surface area contributed by atoms with Crippen LogP contribution < -0.4 is 14.5 Å². The number of nitrogens with zero attached hydrogens (tertiary/aromatic N) is 4. The minimum Gasteiger partial charge on any atom is -0.497 e. The SMILES string of the molecule is COc1ccc(CN2C(=O)c3cccc4c(N5CCCN(Cc6cccc([N+](=O)[O-])c6)CC5)ccc2c34)cc1. The van der Waals surface area contributed by atoms with Crippen LogP contribution in [0.5, 0.6) is 5.75 Å². The van der Waals surface area contributed by atoms with Crippen molar-refractivity contribution in [2.75, 3.05) is 43.1 Å². The number of methoxy groups -OCH3 is 1. The van der Waals surface area contributed by atoms with Gasteiger partial charge in [0.1, 0.15) is 5.75 Å². The molecule has 1 fully saturated rings. The number of nitro groups is 1. The molecular formula is C31H30N4O4. The van der Waals surface area contributed by atoms with E-state index in [9.17, 15) is 14.9 Å². The van der Waals surface area contributed by atoms with E-state index >= 15 is 0 Å². The van der Waals surface area contributed by atoms with Crippen LogP contribution in [-0.2, 0) is 13.1 Å². The van der Waals surface area contributed by atoms with Crippen LogP contribution in [-0.4, -0.2) is 49.0 Å². The van der Waals surface area contributed by atoms with Crippen molar-refractivity contribution in [1.29, 1.82) is 0 Å². The van der Waals surface area contributed by atoms with Crippen LogP contribution in [0, 0.1) is 10.1 Å². The maximum absolute atomic E-state index is 13.5. The molecule has 0 N–H and O–H groups in total. The molecule has 0 saturated carbocycles. The van der Waals surface area contributed by atoms with Crippen molar-refractivity contribution in [2.24, 2.45) is 0 Å². The van der Waals surface area contributed by atoms with Crippen molar-refractivity contribution in [3.8, 4) is 5.75 Å². The Hall–Kier alpha value is -4.43. The van der Waals surface area contributed by atoms with E-state index in [1.165, 1.54) is 6.07 Å². The molecule has 0 atom stereocenters. The standard InChI is InChI=1S/C31H30N4O4/c1-39-25-11-9-22(10-12-25)21-34-29-14-13-28(26-7-3-8-27(30(26)29)31(34)36)33-16-4-15-32(17-18-33)20-23-5-2-6-24(19-23)35(37)38/h2-3,5-14,19H,4,15-18,20-21H2,1H3. The van der Waals surface area contributed by atoms with Crippen LogP contribution in [0.1, 0.15) is 27.9 Å². The second kappa shape index (κ2) is 10.4. The molecule has 2 heterocycles. The number of benzene rings is 4. The Morgan fingerprint density at radius 3 is 2.44 bits per heavy atom. The van der Waals surface area contributed by atoms with Gasteiger partial charge in [0.25, 0.3) is 11.6 Å². The maximum Gasteiger partial charge on any atom is 0.269 e. The van der Waals surface area contributed by atoms with Gasteiger partial charge in [-0.05, 0) is 47.9 Å². The molecule has 0 aliphatic carbocycles. The molecule has 8 nitrogen and oxygen atoms in total. The molecule has 1 amide bonds. The fourth-order valence-corrected chi connectivity index (χ4v) is 5.77. The lowest BCUT2D eigenvalue weighted by molar-refractivity contribution is -0.384. The number of non-ortho nitro benzene ring substituents is 1. The highest BCUT2D eigenvalue weighted by Gasteiger charge is 2.31. The molecule has 0 radical (unpaired) electrons. The van der Waals surface area contributed by atoms with Gasteiger partial charge >= 0.3 is 0 Å². The van der Waals surface area contributed by atoms with E-state index < -0.39 is 0 Å². The first kappa shape index (κ1) is 24.9. The fraction of sp³-hybridized carbons (Fsp3) is 0.258. The van der Waals surface area contributed by atoms with E-state index in [2.05, 4.69) is 28.0 Å². The number of hydrogen-bond donors (Lipinski definition) is 0. The van der Waals surface area contributed by atoms with E-state index in [-0.39, 0.29) is 16.5 Å². The summed E-state index contributed by atoms with van der Waals surface area (Å²) in [6.07, 6.45) is 0.986. The molecule has 198 valence electrons. The van der Waals surface area contributed by atoms with Gasteiger partial charge in [0.15, 0.2) is 0 Å². The Labute approximate surface area is 227 Å². The minimum atomic E-state index is -0.341. The fourth-order valence-electron chi connectivity index (χ4n) is 5.77. The average Bonchev–Trinajstić information content (AvgIpc) is 3.08. The summed E-state index contributed by atoms with van der Waals surface area (Å²) in [4.78, 5) is 30.9. The number of anilines is 2. The van der Waals surface area contributed by atoms with E-state index in [0.29, 0.717) is 13.1 Å². The smallest absolute Gasteiger partial charge is 0.269 e. The summed E-state index contributed by atoms with van der Waals surface area (Å²) in [6, 6.07) is 25.0. The Kier molecular flexibility index (Phi) is 6.62. The zero-order valence-corrected chi connectivity index (χ0v) is 21.9. The highest BCUT2D eigenvalue weighted by Crippen LogP contribution is 2.42. The zero-order valence-electron chi connectivity index (χ0n) is 21.9. The number of rotatable bonds is 7. The van der Waals surface area contributed by atoms with Crippen LogP contribution >= 0.6 is 0 Å². The van der Waals surface area contributed by atoms with Crippen molar-refractivity contribution < 1.29 is 14.5 Å². The molecule has 4 aromatic rings. The average molecular weight is 523 g/mol. The predicted octanol–water partition coefficient (Wildman–Crippen LogP) is 5.63. The minimum absolute atomic E-state index is 0.0302. The largest absolute Gasteiger partial charge is 0.497 e. The lowest BCUT2D eigenvalue weighted by Gasteiger charge is -2.26. The number of nitro benzene ring substituents is 1. The van der Waals surface area contributed by atoms with Gasteiger partial charge in [-0.3, -0.25) is 19.8 Å². The number of hydrogen-bond acceptors (Lipinski definition) is 6. The summed E-state index contributed by atoms with van der Waals surface area (Å²) >= 11 is 0. The Bertz CT molecular complexity index is 1550. The van der Waals surface area contributed by atoms with Crippen LogP contribution in [0.15, 0.2) is 78.9 Å². The van der Waals surface area contributed by atoms with E-state index in [4.69, 9.17) is 4.74 Å². The summed E-state index contributed by atoms with van der Waals surface area (Å²) in [5.41, 5.74) is 4.98. The number of ether oxygens (including phenoxy) is 1. The van der Waals surface area contributed by atoms with Crippen molar-refractivity contribution in [3.05, 3.63) is 106 Å². The Morgan fingerprint density at radius 2 is 1.64 bits per heavy atom. The third-order valence-corrected chi connectivity index (χ3v) is 7.72. The lowest BCUT2D eigenvalue weighted by Crippen LogP contribution is -2.30. The molecule has 6 rings (SSSR count). The van der Waals surface area contributed by atoms with Crippen LogP contribution in [0.25, 0.3) is 10.8 Å². The normalized spacial score (nSPS) is 15.6. The zero-order chi connectivity index (χ0) is 26.9. The quantitative estimate of drug-likeness (QED) is 0.231. The molecule has 0 unspecified atom stereocenters. The summed E-state index contributed by atoms with van der Waals surface area (Å²) < 4.78 is 5.27. The molecular weight excluding hydrogens is 492 g/mol. The summed E-state index contributed by atoms with van der Waals surface area (Å²) in [7, 11) is 1.65. The maximum atomic E-state index is 13.5. The van der Waals surface area contributed by atoms with Crippen LogP contribution in [0.4, 0.5) is 17.1 Å². The van der Waals surface area contributed by atoms with Gasteiger partial charge < -0.3 is 14.5 Å². The van der Waals surface area contributed by atoms with Gasteiger partial charge in [0.05, 0.1) is 24.3 Å². The van der Waals surface area contributed by atoms with Gasteiger partial charge in [-0.2, -0.15) is 0 Å². The Balaban J connectivity index is 1.23. The summed E-state index contributed by atoms with van der Waals surface area (Å²) in [5.74, 6) is 0.824. The third-order valence-electron chi connectivity index (χ3n) is 7.72. The monoisotopic (exact) mass is 522 g/mol. The van der Waals surface area contributed by atoms with Crippen molar-refractivity contribution in [2.45, 2.75) is 19.5 Å². The van der Waals surface area contributed by atoms with Gasteiger partial charge in [-0.25, -0.2) is 0 Å². The molecule has 2 aliphatic rings. The first-order chi connectivity index (χ1) is 19.0. The number of amides is 1. The highest BCUT2D eigenvalue weighted by molar-refractivity contribution is 6.26. The van der Waals surface area contributed by atoms with Crippen molar-refractivity contribution >= 4 is 33.7 Å². The van der Waals surface area contributed by atoms with E-state index in [1.807, 2.05) is 47.4 Å². The van der Waals surface area contributed by atoms with Gasteiger partial charge in [0.2, 0.25) is 0 Å². The molecule has 8 heteroatoms. The van der Waals surface area contributed by atoms with E-state index in [1.54, 1.807) is 19.2 Å². The topological polar surface area (TPSA) is 79.2 Å². The number of carbonyl (C=O) groups excluding carboxylic acids is 1. The van der Waals surface area contributed by atoms with Crippen LogP contribution in [0.2, 0.25) is 0 Å². The predicted molar refractivity (Wildman–Crippen MR) is 153 cm³/mol. The van der Waals surface area contributed by atoms with Crippen LogP contribution in [0.3, 0.4) is 0 Å². The summed E-state index contributed by atoms with van der Waals surface area (Å²) in [5, 5.41) is 13.3. The Morgan fingerprint density at radius 1 is 0.846 bits per heavy atom. The molecule has 4 aromatic carbocycles.